The number of likely N-dealkylation sites (tertiary alicyclic amines) is 1. The highest BCUT2D eigenvalue weighted by molar-refractivity contribution is 7.08. The van der Waals surface area contributed by atoms with E-state index >= 15 is 0 Å². The zero-order valence-electron chi connectivity index (χ0n) is 18.7. The summed E-state index contributed by atoms with van der Waals surface area (Å²) >= 11 is 1.52. The van der Waals surface area contributed by atoms with Gasteiger partial charge < -0.3 is 10.6 Å². The van der Waals surface area contributed by atoms with Gasteiger partial charge in [-0.1, -0.05) is 17.7 Å². The zero-order chi connectivity index (χ0) is 22.7. The van der Waals surface area contributed by atoms with E-state index in [2.05, 4.69) is 39.7 Å². The van der Waals surface area contributed by atoms with Gasteiger partial charge in [-0.15, -0.1) is 0 Å². The van der Waals surface area contributed by atoms with Gasteiger partial charge in [0.1, 0.15) is 0 Å². The Hall–Kier alpha value is -2.97. The number of nitrogens with zero attached hydrogens (tertiary/aromatic N) is 3. The van der Waals surface area contributed by atoms with E-state index in [0.29, 0.717) is 12.1 Å². The average molecular weight is 452 g/mol. The van der Waals surface area contributed by atoms with Gasteiger partial charge in [0, 0.05) is 30.1 Å². The fourth-order valence-corrected chi connectivity index (χ4v) is 4.68. The van der Waals surface area contributed by atoms with Crippen LogP contribution in [0.1, 0.15) is 40.2 Å². The van der Waals surface area contributed by atoms with Gasteiger partial charge in [-0.05, 0) is 57.2 Å². The molecule has 1 saturated heterocycles. The molecule has 168 valence electrons. The molecule has 3 heterocycles. The van der Waals surface area contributed by atoms with Gasteiger partial charge in [-0.25, -0.2) is 4.68 Å². The molecule has 2 amide bonds. The molecule has 1 aliphatic heterocycles. The highest BCUT2D eigenvalue weighted by Gasteiger charge is 2.23. The summed E-state index contributed by atoms with van der Waals surface area (Å²) in [7, 11) is 0. The number of benzene rings is 1. The Balaban J connectivity index is 1.30. The van der Waals surface area contributed by atoms with Crippen molar-refractivity contribution >= 4 is 28.8 Å². The minimum absolute atomic E-state index is 0.0148. The molecular weight excluding hydrogens is 422 g/mol. The lowest BCUT2D eigenvalue weighted by Crippen LogP contribution is -2.46. The number of carbonyl (C=O) groups is 2. The third kappa shape index (κ3) is 5.08. The highest BCUT2D eigenvalue weighted by Crippen LogP contribution is 2.23. The number of amides is 2. The van der Waals surface area contributed by atoms with Crippen LogP contribution in [0, 0.1) is 20.8 Å². The van der Waals surface area contributed by atoms with Crippen LogP contribution in [0.4, 0.5) is 5.69 Å². The van der Waals surface area contributed by atoms with Crippen molar-refractivity contribution in [2.75, 3.05) is 25.0 Å². The molecule has 0 saturated carbocycles. The standard InChI is InChI=1S/C24H29N5O2S/c1-16-4-6-21(7-5-16)29-18(3)23(17(2)27-29)26-22(30)14-28-11-8-20(9-12-28)25-24(31)19-10-13-32-15-19/h4-7,10,13,15,20H,8-9,11-12,14H2,1-3H3,(H,25,31)(H,26,30). The zero-order valence-corrected chi connectivity index (χ0v) is 19.5. The number of piperidine rings is 1. The summed E-state index contributed by atoms with van der Waals surface area (Å²) in [6.45, 7) is 7.83. The van der Waals surface area contributed by atoms with Crippen LogP contribution >= 0.6 is 11.3 Å². The molecule has 7 nitrogen and oxygen atoms in total. The van der Waals surface area contributed by atoms with Gasteiger partial charge in [0.25, 0.3) is 5.91 Å². The lowest BCUT2D eigenvalue weighted by atomic mass is 10.0. The molecule has 0 atom stereocenters. The molecular formula is C24H29N5O2S. The fourth-order valence-electron chi connectivity index (χ4n) is 4.04. The van der Waals surface area contributed by atoms with Crippen LogP contribution in [0.15, 0.2) is 41.1 Å². The summed E-state index contributed by atoms with van der Waals surface area (Å²) in [6.07, 6.45) is 1.68. The van der Waals surface area contributed by atoms with E-state index in [0.717, 1.165) is 48.7 Å². The van der Waals surface area contributed by atoms with E-state index < -0.39 is 0 Å². The van der Waals surface area contributed by atoms with Crippen molar-refractivity contribution in [3.63, 3.8) is 0 Å². The van der Waals surface area contributed by atoms with E-state index in [-0.39, 0.29) is 17.9 Å². The molecule has 0 bridgehead atoms. The minimum atomic E-state index is -0.0413. The van der Waals surface area contributed by atoms with Gasteiger partial charge in [-0.2, -0.15) is 16.4 Å². The van der Waals surface area contributed by atoms with Crippen LogP contribution < -0.4 is 10.6 Å². The van der Waals surface area contributed by atoms with Crippen molar-refractivity contribution in [1.82, 2.24) is 20.0 Å². The third-order valence-corrected chi connectivity index (χ3v) is 6.59. The van der Waals surface area contributed by atoms with Crippen molar-refractivity contribution in [2.45, 2.75) is 39.7 Å². The van der Waals surface area contributed by atoms with Crippen molar-refractivity contribution in [3.05, 3.63) is 63.6 Å². The van der Waals surface area contributed by atoms with Crippen molar-refractivity contribution in [2.24, 2.45) is 0 Å². The number of aryl methyl sites for hydroxylation is 2. The maximum absolute atomic E-state index is 12.7. The molecule has 1 aromatic carbocycles. The minimum Gasteiger partial charge on any atom is -0.349 e. The number of hydrogen-bond donors (Lipinski definition) is 2. The number of anilines is 1. The second-order valence-corrected chi connectivity index (χ2v) is 9.16. The predicted molar refractivity (Wildman–Crippen MR) is 128 cm³/mol. The summed E-state index contributed by atoms with van der Waals surface area (Å²) in [5, 5.41) is 14.5. The monoisotopic (exact) mass is 451 g/mol. The Bertz CT molecular complexity index is 1080. The molecule has 0 aliphatic carbocycles. The van der Waals surface area contributed by atoms with E-state index in [9.17, 15) is 9.59 Å². The van der Waals surface area contributed by atoms with E-state index in [4.69, 9.17) is 0 Å². The summed E-state index contributed by atoms with van der Waals surface area (Å²) in [5.74, 6) is -0.0561. The molecule has 4 rings (SSSR count). The van der Waals surface area contributed by atoms with Crippen LogP contribution in [0.25, 0.3) is 5.69 Å². The Morgan fingerprint density at radius 2 is 1.81 bits per heavy atom. The fraction of sp³-hybridized carbons (Fsp3) is 0.375. The Labute approximate surface area is 192 Å². The topological polar surface area (TPSA) is 79.3 Å². The lowest BCUT2D eigenvalue weighted by Gasteiger charge is -2.31. The van der Waals surface area contributed by atoms with Crippen LogP contribution in [0.2, 0.25) is 0 Å². The molecule has 0 unspecified atom stereocenters. The molecule has 32 heavy (non-hydrogen) atoms. The van der Waals surface area contributed by atoms with Gasteiger partial charge in [0.15, 0.2) is 0 Å². The smallest absolute Gasteiger partial charge is 0.252 e. The van der Waals surface area contributed by atoms with Gasteiger partial charge >= 0.3 is 0 Å². The first-order valence-electron chi connectivity index (χ1n) is 10.9. The Morgan fingerprint density at radius 1 is 1.09 bits per heavy atom. The predicted octanol–water partition coefficient (Wildman–Crippen LogP) is 3.69. The largest absolute Gasteiger partial charge is 0.349 e. The van der Waals surface area contributed by atoms with Gasteiger partial charge in [-0.3, -0.25) is 14.5 Å². The first kappa shape index (κ1) is 22.2. The quantitative estimate of drug-likeness (QED) is 0.599. The van der Waals surface area contributed by atoms with Crippen LogP contribution in [0.3, 0.4) is 0 Å². The molecule has 0 radical (unpaired) electrons. The van der Waals surface area contributed by atoms with Crippen LogP contribution in [0.5, 0.6) is 0 Å². The normalized spacial score (nSPS) is 15.0. The first-order valence-corrected chi connectivity index (χ1v) is 11.8. The Morgan fingerprint density at radius 3 is 2.47 bits per heavy atom. The average Bonchev–Trinajstić information content (AvgIpc) is 3.41. The summed E-state index contributed by atoms with van der Waals surface area (Å²) < 4.78 is 1.87. The number of aromatic nitrogens is 2. The highest BCUT2D eigenvalue weighted by atomic mass is 32.1. The summed E-state index contributed by atoms with van der Waals surface area (Å²) in [4.78, 5) is 27.1. The van der Waals surface area contributed by atoms with E-state index in [1.54, 1.807) is 0 Å². The number of nitrogens with one attached hydrogen (secondary N) is 2. The Kier molecular flexibility index (Phi) is 6.72. The van der Waals surface area contributed by atoms with Crippen molar-refractivity contribution in [1.29, 1.82) is 0 Å². The molecule has 1 fully saturated rings. The number of rotatable bonds is 6. The maximum Gasteiger partial charge on any atom is 0.252 e. The molecule has 8 heteroatoms. The summed E-state index contributed by atoms with van der Waals surface area (Å²) in [6, 6.07) is 10.2. The molecule has 1 aliphatic rings. The number of carbonyl (C=O) groups excluding carboxylic acids is 2. The first-order chi connectivity index (χ1) is 15.4. The molecule has 0 spiro atoms. The van der Waals surface area contributed by atoms with Crippen LogP contribution in [-0.2, 0) is 4.79 Å². The second-order valence-electron chi connectivity index (χ2n) is 8.38. The number of hydrogen-bond acceptors (Lipinski definition) is 5. The van der Waals surface area contributed by atoms with E-state index in [1.165, 1.54) is 16.9 Å². The second kappa shape index (κ2) is 9.67. The molecule has 2 aromatic heterocycles. The van der Waals surface area contributed by atoms with Crippen molar-refractivity contribution < 1.29 is 9.59 Å². The van der Waals surface area contributed by atoms with Crippen molar-refractivity contribution in [3.8, 4) is 5.69 Å². The third-order valence-electron chi connectivity index (χ3n) is 5.91. The van der Waals surface area contributed by atoms with Gasteiger partial charge in [0.05, 0.1) is 29.3 Å². The SMILES string of the molecule is Cc1ccc(-n2nc(C)c(NC(=O)CN3CCC(NC(=O)c4ccsc4)CC3)c2C)cc1. The number of thiophene rings is 1. The molecule has 3 aromatic rings. The van der Waals surface area contributed by atoms with Crippen LogP contribution in [-0.4, -0.2) is 52.2 Å². The van der Waals surface area contributed by atoms with Gasteiger partial charge in [0.2, 0.25) is 5.91 Å². The summed E-state index contributed by atoms with van der Waals surface area (Å²) in [5.41, 5.74) is 5.37. The maximum atomic E-state index is 12.7. The van der Waals surface area contributed by atoms with E-state index in [1.807, 2.05) is 47.5 Å². The molecule has 2 N–H and O–H groups in total. The lowest BCUT2D eigenvalue weighted by molar-refractivity contribution is -0.117.